The predicted molar refractivity (Wildman–Crippen MR) is 82.7 cm³/mol. The maximum absolute atomic E-state index is 9.82. The first-order valence-corrected chi connectivity index (χ1v) is 6.86. The van der Waals surface area contributed by atoms with E-state index in [1.54, 1.807) is 32.4 Å². The van der Waals surface area contributed by atoms with Gasteiger partial charge in [-0.05, 0) is 52.3 Å². The standard InChI is InChI=1S/C15H16BrNO3/c1-19-12-4-5-14(18)10(7-12)9-17-11-3-6-15(20-2)13(16)8-11/h3-8,17-18H,9H2,1-2H3. The van der Waals surface area contributed by atoms with Crippen LogP contribution in [-0.4, -0.2) is 19.3 Å². The highest BCUT2D eigenvalue weighted by atomic mass is 79.9. The summed E-state index contributed by atoms with van der Waals surface area (Å²) in [4.78, 5) is 0. The van der Waals surface area contributed by atoms with Crippen molar-refractivity contribution in [1.82, 2.24) is 0 Å². The van der Waals surface area contributed by atoms with Gasteiger partial charge in [0.1, 0.15) is 17.2 Å². The number of ether oxygens (including phenoxy) is 2. The number of nitrogens with one attached hydrogen (secondary N) is 1. The number of halogens is 1. The van der Waals surface area contributed by atoms with Crippen LogP contribution in [0.4, 0.5) is 5.69 Å². The molecule has 0 atom stereocenters. The Bertz CT molecular complexity index is 602. The Morgan fingerprint density at radius 2 is 1.90 bits per heavy atom. The molecule has 0 amide bonds. The lowest BCUT2D eigenvalue weighted by atomic mass is 10.2. The topological polar surface area (TPSA) is 50.7 Å². The Balaban J connectivity index is 2.10. The van der Waals surface area contributed by atoms with Crippen molar-refractivity contribution in [3.63, 3.8) is 0 Å². The van der Waals surface area contributed by atoms with Crippen LogP contribution >= 0.6 is 15.9 Å². The fraction of sp³-hybridized carbons (Fsp3) is 0.200. The van der Waals surface area contributed by atoms with Crippen molar-refractivity contribution in [2.45, 2.75) is 6.54 Å². The molecule has 2 rings (SSSR count). The highest BCUT2D eigenvalue weighted by Gasteiger charge is 2.05. The molecule has 0 spiro atoms. The third-order valence-electron chi connectivity index (χ3n) is 2.92. The lowest BCUT2D eigenvalue weighted by Gasteiger charge is -2.11. The quantitative estimate of drug-likeness (QED) is 0.871. The number of benzene rings is 2. The highest BCUT2D eigenvalue weighted by molar-refractivity contribution is 9.10. The fourth-order valence-corrected chi connectivity index (χ4v) is 2.34. The minimum atomic E-state index is 0.242. The van der Waals surface area contributed by atoms with Crippen molar-refractivity contribution >= 4 is 21.6 Å². The Kier molecular flexibility index (Phi) is 4.74. The van der Waals surface area contributed by atoms with Crippen molar-refractivity contribution in [3.05, 3.63) is 46.4 Å². The van der Waals surface area contributed by atoms with Crippen LogP contribution in [0.3, 0.4) is 0 Å². The number of hydrogen-bond acceptors (Lipinski definition) is 4. The molecule has 0 radical (unpaired) electrons. The normalized spacial score (nSPS) is 10.2. The first-order valence-electron chi connectivity index (χ1n) is 6.07. The van der Waals surface area contributed by atoms with Gasteiger partial charge in [-0.25, -0.2) is 0 Å². The van der Waals surface area contributed by atoms with Crippen LogP contribution in [0.5, 0.6) is 17.2 Å². The molecule has 2 aromatic carbocycles. The number of anilines is 1. The molecule has 0 heterocycles. The maximum Gasteiger partial charge on any atom is 0.133 e. The van der Waals surface area contributed by atoms with Crippen molar-refractivity contribution in [3.8, 4) is 17.2 Å². The zero-order valence-electron chi connectivity index (χ0n) is 11.3. The molecule has 2 N–H and O–H groups in total. The average Bonchev–Trinajstić information content (AvgIpc) is 2.46. The first kappa shape index (κ1) is 14.5. The van der Waals surface area contributed by atoms with Crippen LogP contribution in [0.15, 0.2) is 40.9 Å². The van der Waals surface area contributed by atoms with Crippen molar-refractivity contribution in [1.29, 1.82) is 0 Å². The van der Waals surface area contributed by atoms with E-state index in [2.05, 4.69) is 21.2 Å². The number of phenols is 1. The van der Waals surface area contributed by atoms with Gasteiger partial charge in [-0.3, -0.25) is 0 Å². The molecule has 4 nitrogen and oxygen atoms in total. The minimum absolute atomic E-state index is 0.242. The molecular formula is C15H16BrNO3. The monoisotopic (exact) mass is 337 g/mol. The number of hydrogen-bond donors (Lipinski definition) is 2. The van der Waals surface area contributed by atoms with Crippen LogP contribution in [0.1, 0.15) is 5.56 Å². The van der Waals surface area contributed by atoms with Crippen LogP contribution in [0.25, 0.3) is 0 Å². The summed E-state index contributed by atoms with van der Waals surface area (Å²) in [5.74, 6) is 1.74. The summed E-state index contributed by atoms with van der Waals surface area (Å²) in [5, 5.41) is 13.1. The van der Waals surface area contributed by atoms with Gasteiger partial charge in [0.25, 0.3) is 0 Å². The Morgan fingerprint density at radius 1 is 1.10 bits per heavy atom. The van der Waals surface area contributed by atoms with E-state index in [-0.39, 0.29) is 5.75 Å². The van der Waals surface area contributed by atoms with Gasteiger partial charge in [-0.2, -0.15) is 0 Å². The third kappa shape index (κ3) is 3.36. The van der Waals surface area contributed by atoms with Gasteiger partial charge in [0.15, 0.2) is 0 Å². The summed E-state index contributed by atoms with van der Waals surface area (Å²) in [6, 6.07) is 10.9. The lowest BCUT2D eigenvalue weighted by molar-refractivity contribution is 0.411. The molecule has 0 bridgehead atoms. The summed E-state index contributed by atoms with van der Waals surface area (Å²) in [6.45, 7) is 0.502. The second-order valence-electron chi connectivity index (χ2n) is 4.20. The summed E-state index contributed by atoms with van der Waals surface area (Å²) in [6.07, 6.45) is 0. The van der Waals surface area contributed by atoms with E-state index in [1.165, 1.54) is 0 Å². The second-order valence-corrected chi connectivity index (χ2v) is 5.05. The van der Waals surface area contributed by atoms with E-state index in [0.717, 1.165) is 27.2 Å². The van der Waals surface area contributed by atoms with Crippen molar-refractivity contribution in [2.24, 2.45) is 0 Å². The fourth-order valence-electron chi connectivity index (χ4n) is 1.80. The van der Waals surface area contributed by atoms with Gasteiger partial charge >= 0.3 is 0 Å². The van der Waals surface area contributed by atoms with E-state index in [0.29, 0.717) is 6.54 Å². The first-order chi connectivity index (χ1) is 9.63. The molecule has 2 aromatic rings. The van der Waals surface area contributed by atoms with Gasteiger partial charge in [-0.1, -0.05) is 0 Å². The third-order valence-corrected chi connectivity index (χ3v) is 3.54. The van der Waals surface area contributed by atoms with E-state index in [9.17, 15) is 5.11 Å². The van der Waals surface area contributed by atoms with Gasteiger partial charge < -0.3 is 19.9 Å². The van der Waals surface area contributed by atoms with Gasteiger partial charge in [0.2, 0.25) is 0 Å². The molecule has 20 heavy (non-hydrogen) atoms. The van der Waals surface area contributed by atoms with E-state index in [1.807, 2.05) is 18.2 Å². The average molecular weight is 338 g/mol. The summed E-state index contributed by atoms with van der Waals surface area (Å²) in [7, 11) is 3.23. The molecule has 0 unspecified atom stereocenters. The highest BCUT2D eigenvalue weighted by Crippen LogP contribution is 2.29. The van der Waals surface area contributed by atoms with Gasteiger partial charge in [0.05, 0.1) is 18.7 Å². The van der Waals surface area contributed by atoms with Crippen molar-refractivity contribution in [2.75, 3.05) is 19.5 Å². The SMILES string of the molecule is COc1ccc(O)c(CNc2ccc(OC)c(Br)c2)c1. The molecule has 0 aliphatic heterocycles. The second kappa shape index (κ2) is 6.52. The molecule has 0 fully saturated rings. The molecular weight excluding hydrogens is 322 g/mol. The van der Waals surface area contributed by atoms with Crippen LogP contribution in [-0.2, 0) is 6.54 Å². The Morgan fingerprint density at radius 3 is 2.55 bits per heavy atom. The smallest absolute Gasteiger partial charge is 0.133 e. The van der Waals surface area contributed by atoms with Gasteiger partial charge in [-0.15, -0.1) is 0 Å². The summed E-state index contributed by atoms with van der Waals surface area (Å²) >= 11 is 3.44. The number of phenolic OH excluding ortho intramolecular Hbond substituents is 1. The molecule has 0 aromatic heterocycles. The van der Waals surface area contributed by atoms with Crippen LogP contribution < -0.4 is 14.8 Å². The van der Waals surface area contributed by atoms with Gasteiger partial charge in [0, 0.05) is 17.8 Å². The Hall–Kier alpha value is -1.88. The van der Waals surface area contributed by atoms with E-state index in [4.69, 9.17) is 9.47 Å². The zero-order valence-corrected chi connectivity index (χ0v) is 12.9. The largest absolute Gasteiger partial charge is 0.508 e. The predicted octanol–water partition coefficient (Wildman–Crippen LogP) is 3.78. The summed E-state index contributed by atoms with van der Waals surface area (Å²) < 4.78 is 11.2. The van der Waals surface area contributed by atoms with E-state index < -0.39 is 0 Å². The Labute approximate surface area is 126 Å². The molecule has 106 valence electrons. The lowest BCUT2D eigenvalue weighted by Crippen LogP contribution is -2.00. The number of methoxy groups -OCH3 is 2. The van der Waals surface area contributed by atoms with Crippen molar-refractivity contribution < 1.29 is 14.6 Å². The number of rotatable bonds is 5. The summed E-state index contributed by atoms with van der Waals surface area (Å²) in [5.41, 5.74) is 1.70. The van der Waals surface area contributed by atoms with Crippen LogP contribution in [0, 0.1) is 0 Å². The molecule has 5 heteroatoms. The molecule has 0 saturated heterocycles. The maximum atomic E-state index is 9.82. The zero-order chi connectivity index (χ0) is 14.5. The van der Waals surface area contributed by atoms with E-state index >= 15 is 0 Å². The minimum Gasteiger partial charge on any atom is -0.508 e. The van der Waals surface area contributed by atoms with Crippen LogP contribution in [0.2, 0.25) is 0 Å². The molecule has 0 aliphatic carbocycles. The number of aromatic hydroxyl groups is 1. The molecule has 0 saturated carbocycles. The molecule has 0 aliphatic rings.